The van der Waals surface area contributed by atoms with Gasteiger partial charge < -0.3 is 4.42 Å². The standard InChI is InChI=1S/C18H15Cl2NO3S/c19-16-9-4-10-17(20)18(16)25(22,23)21(13-15-8-5-11-24-15)12-14-6-2-1-3-7-14/h1-11H,12-13H2. The Balaban J connectivity index is 2.03. The zero-order chi connectivity index (χ0) is 17.9. The topological polar surface area (TPSA) is 50.5 Å². The fraction of sp³-hybridized carbons (Fsp3) is 0.111. The molecule has 25 heavy (non-hydrogen) atoms. The molecule has 0 saturated heterocycles. The van der Waals surface area contributed by atoms with Gasteiger partial charge in [0, 0.05) is 6.54 Å². The summed E-state index contributed by atoms with van der Waals surface area (Å²) < 4.78 is 33.1. The normalized spacial score (nSPS) is 11.8. The smallest absolute Gasteiger partial charge is 0.246 e. The van der Waals surface area contributed by atoms with Crippen LogP contribution in [0.25, 0.3) is 0 Å². The van der Waals surface area contributed by atoms with Gasteiger partial charge >= 0.3 is 0 Å². The van der Waals surface area contributed by atoms with Crippen LogP contribution in [0, 0.1) is 0 Å². The van der Waals surface area contributed by atoms with Crippen LogP contribution in [0.3, 0.4) is 0 Å². The van der Waals surface area contributed by atoms with Crippen LogP contribution in [0.1, 0.15) is 11.3 Å². The highest BCUT2D eigenvalue weighted by Crippen LogP contribution is 2.33. The molecule has 0 fully saturated rings. The second-order valence-electron chi connectivity index (χ2n) is 5.39. The molecule has 7 heteroatoms. The molecule has 0 radical (unpaired) electrons. The minimum atomic E-state index is -3.93. The minimum Gasteiger partial charge on any atom is -0.468 e. The van der Waals surface area contributed by atoms with Crippen LogP contribution >= 0.6 is 23.2 Å². The predicted molar refractivity (Wildman–Crippen MR) is 98.0 cm³/mol. The Kier molecular flexibility index (Phi) is 5.49. The molecule has 130 valence electrons. The van der Waals surface area contributed by atoms with Gasteiger partial charge in [-0.25, -0.2) is 8.42 Å². The van der Waals surface area contributed by atoms with Crippen LogP contribution in [0.15, 0.2) is 76.2 Å². The van der Waals surface area contributed by atoms with E-state index in [-0.39, 0.29) is 28.0 Å². The van der Waals surface area contributed by atoms with Gasteiger partial charge in [-0.3, -0.25) is 0 Å². The lowest BCUT2D eigenvalue weighted by Crippen LogP contribution is -2.30. The van der Waals surface area contributed by atoms with Gasteiger partial charge in [-0.05, 0) is 29.8 Å². The average molecular weight is 396 g/mol. The first-order chi connectivity index (χ1) is 12.0. The lowest BCUT2D eigenvalue weighted by Gasteiger charge is -2.22. The summed E-state index contributed by atoms with van der Waals surface area (Å²) >= 11 is 12.3. The number of halogens is 2. The van der Waals surface area contributed by atoms with Gasteiger partial charge in [-0.15, -0.1) is 0 Å². The van der Waals surface area contributed by atoms with Gasteiger partial charge in [0.2, 0.25) is 10.0 Å². The summed E-state index contributed by atoms with van der Waals surface area (Å²) in [5.74, 6) is 0.530. The molecule has 0 aliphatic rings. The second-order valence-corrected chi connectivity index (χ2v) is 8.08. The van der Waals surface area contributed by atoms with Gasteiger partial charge in [-0.2, -0.15) is 4.31 Å². The van der Waals surface area contributed by atoms with Gasteiger partial charge in [0.05, 0.1) is 22.9 Å². The largest absolute Gasteiger partial charge is 0.468 e. The van der Waals surface area contributed by atoms with Crippen molar-refractivity contribution in [1.82, 2.24) is 4.31 Å². The molecule has 0 N–H and O–H groups in total. The molecular formula is C18H15Cl2NO3S. The van der Waals surface area contributed by atoms with Gasteiger partial charge in [-0.1, -0.05) is 59.6 Å². The van der Waals surface area contributed by atoms with E-state index in [2.05, 4.69) is 0 Å². The minimum absolute atomic E-state index is 0.0752. The molecule has 0 amide bonds. The highest BCUT2D eigenvalue weighted by Gasteiger charge is 2.30. The van der Waals surface area contributed by atoms with E-state index in [0.717, 1.165) is 5.56 Å². The van der Waals surface area contributed by atoms with Crippen molar-refractivity contribution in [1.29, 1.82) is 0 Å². The molecule has 0 spiro atoms. The Hall–Kier alpha value is -1.79. The number of nitrogens with zero attached hydrogens (tertiary/aromatic N) is 1. The summed E-state index contributed by atoms with van der Waals surface area (Å²) in [6.45, 7) is 0.247. The first-order valence-corrected chi connectivity index (χ1v) is 9.68. The third-order valence-electron chi connectivity index (χ3n) is 3.63. The van der Waals surface area contributed by atoms with Crippen molar-refractivity contribution >= 4 is 33.2 Å². The van der Waals surface area contributed by atoms with Crippen LogP contribution in [0.5, 0.6) is 0 Å². The van der Waals surface area contributed by atoms with E-state index in [4.69, 9.17) is 27.6 Å². The summed E-state index contributed by atoms with van der Waals surface area (Å²) in [5, 5.41) is 0.176. The summed E-state index contributed by atoms with van der Waals surface area (Å²) in [6.07, 6.45) is 1.51. The van der Waals surface area contributed by atoms with Gasteiger partial charge in [0.1, 0.15) is 10.7 Å². The van der Waals surface area contributed by atoms with Crippen molar-refractivity contribution in [3.8, 4) is 0 Å². The summed E-state index contributed by atoms with van der Waals surface area (Å²) in [5.41, 5.74) is 0.848. The Morgan fingerprint density at radius 3 is 2.12 bits per heavy atom. The van der Waals surface area contributed by atoms with E-state index in [1.165, 1.54) is 22.7 Å². The highest BCUT2D eigenvalue weighted by molar-refractivity contribution is 7.89. The number of hydrogen-bond donors (Lipinski definition) is 0. The van der Waals surface area contributed by atoms with Crippen LogP contribution in [0.4, 0.5) is 0 Å². The Morgan fingerprint density at radius 2 is 1.52 bits per heavy atom. The summed E-state index contributed by atoms with van der Waals surface area (Å²) in [6, 6.07) is 17.4. The maximum Gasteiger partial charge on any atom is 0.246 e. The SMILES string of the molecule is O=S(=O)(c1c(Cl)cccc1Cl)N(Cc1ccccc1)Cc1ccco1. The molecule has 0 bridgehead atoms. The lowest BCUT2D eigenvalue weighted by atomic mass is 10.2. The van der Waals surface area contributed by atoms with E-state index < -0.39 is 10.0 Å². The Labute approximate surface area is 156 Å². The second kappa shape index (κ2) is 7.62. The monoisotopic (exact) mass is 395 g/mol. The molecule has 0 aliphatic heterocycles. The Bertz CT molecular complexity index is 921. The quantitative estimate of drug-likeness (QED) is 0.591. The molecular weight excluding hydrogens is 381 g/mol. The summed E-state index contributed by atoms with van der Waals surface area (Å²) in [7, 11) is -3.93. The summed E-state index contributed by atoms with van der Waals surface area (Å²) in [4.78, 5) is -0.0965. The molecule has 0 atom stereocenters. The van der Waals surface area contributed by atoms with E-state index in [1.807, 2.05) is 30.3 Å². The van der Waals surface area contributed by atoms with Crippen molar-refractivity contribution in [2.75, 3.05) is 0 Å². The first-order valence-electron chi connectivity index (χ1n) is 7.49. The Morgan fingerprint density at radius 1 is 0.840 bits per heavy atom. The van der Waals surface area contributed by atoms with Crippen molar-refractivity contribution in [2.24, 2.45) is 0 Å². The molecule has 0 aliphatic carbocycles. The highest BCUT2D eigenvalue weighted by atomic mass is 35.5. The number of rotatable bonds is 6. The number of furan rings is 1. The molecule has 1 aromatic heterocycles. The van der Waals surface area contributed by atoms with E-state index in [0.29, 0.717) is 5.76 Å². The molecule has 0 saturated carbocycles. The van der Waals surface area contributed by atoms with Crippen molar-refractivity contribution in [3.05, 3.63) is 88.3 Å². The third-order valence-corrected chi connectivity index (χ3v) is 6.38. The lowest BCUT2D eigenvalue weighted by molar-refractivity contribution is 0.358. The van der Waals surface area contributed by atoms with Crippen LogP contribution in [0.2, 0.25) is 10.0 Å². The molecule has 0 unspecified atom stereocenters. The molecule has 2 aromatic carbocycles. The zero-order valence-corrected chi connectivity index (χ0v) is 15.4. The predicted octanol–water partition coefficient (Wildman–Crippen LogP) is 4.98. The number of benzene rings is 2. The van der Waals surface area contributed by atoms with Crippen molar-refractivity contribution in [3.63, 3.8) is 0 Å². The zero-order valence-electron chi connectivity index (χ0n) is 13.1. The molecule has 3 aromatic rings. The first kappa shape index (κ1) is 18.0. The fourth-order valence-electron chi connectivity index (χ4n) is 2.45. The van der Waals surface area contributed by atoms with Crippen LogP contribution in [-0.4, -0.2) is 12.7 Å². The molecule has 3 rings (SSSR count). The van der Waals surface area contributed by atoms with Gasteiger partial charge in [0.15, 0.2) is 0 Å². The third kappa shape index (κ3) is 4.07. The van der Waals surface area contributed by atoms with Crippen LogP contribution < -0.4 is 0 Å². The van der Waals surface area contributed by atoms with E-state index in [9.17, 15) is 8.42 Å². The molecule has 1 heterocycles. The van der Waals surface area contributed by atoms with Crippen molar-refractivity contribution in [2.45, 2.75) is 18.0 Å². The number of hydrogen-bond acceptors (Lipinski definition) is 3. The van der Waals surface area contributed by atoms with E-state index in [1.54, 1.807) is 18.2 Å². The maximum absolute atomic E-state index is 13.2. The average Bonchev–Trinajstić information content (AvgIpc) is 3.08. The maximum atomic E-state index is 13.2. The number of sulfonamides is 1. The fourth-order valence-corrected chi connectivity index (χ4v) is 4.93. The van der Waals surface area contributed by atoms with Crippen LogP contribution in [-0.2, 0) is 23.1 Å². The molecule has 4 nitrogen and oxygen atoms in total. The van der Waals surface area contributed by atoms with Gasteiger partial charge in [0.25, 0.3) is 0 Å². The van der Waals surface area contributed by atoms with Crippen molar-refractivity contribution < 1.29 is 12.8 Å². The van der Waals surface area contributed by atoms with E-state index >= 15 is 0 Å².